The van der Waals surface area contributed by atoms with Crippen LogP contribution in [0.15, 0.2) is 0 Å². The SMILES string of the molecule is CC(C)(C)C(C)(C)C(=O)OCC1(C)C(C)(C)OC1(C)C. The molecular formula is C17H32O3. The zero-order valence-electron chi connectivity index (χ0n) is 14.9. The van der Waals surface area contributed by atoms with Crippen LogP contribution in [0.1, 0.15) is 69.2 Å². The maximum absolute atomic E-state index is 12.5. The summed E-state index contributed by atoms with van der Waals surface area (Å²) >= 11 is 0. The second-order valence-corrected chi connectivity index (χ2v) is 8.91. The van der Waals surface area contributed by atoms with E-state index < -0.39 is 5.41 Å². The molecule has 1 aliphatic heterocycles. The van der Waals surface area contributed by atoms with Gasteiger partial charge in [-0.15, -0.1) is 0 Å². The van der Waals surface area contributed by atoms with Gasteiger partial charge in [0.05, 0.1) is 22.0 Å². The van der Waals surface area contributed by atoms with E-state index in [4.69, 9.17) is 9.47 Å². The van der Waals surface area contributed by atoms with Gasteiger partial charge in [-0.1, -0.05) is 27.7 Å². The molecule has 3 nitrogen and oxygen atoms in total. The first kappa shape index (κ1) is 17.5. The minimum atomic E-state index is -0.512. The lowest BCUT2D eigenvalue weighted by atomic mass is 9.59. The molecule has 0 spiro atoms. The molecule has 0 saturated carbocycles. The first-order chi connectivity index (χ1) is 8.58. The smallest absolute Gasteiger partial charge is 0.312 e. The third kappa shape index (κ3) is 2.38. The average Bonchev–Trinajstić information content (AvgIpc) is 2.21. The summed E-state index contributed by atoms with van der Waals surface area (Å²) in [6.07, 6.45) is 0. The molecule has 0 atom stereocenters. The van der Waals surface area contributed by atoms with Gasteiger partial charge in [0.2, 0.25) is 0 Å². The van der Waals surface area contributed by atoms with Crippen LogP contribution >= 0.6 is 0 Å². The molecular weight excluding hydrogens is 252 g/mol. The molecule has 1 fully saturated rings. The van der Waals surface area contributed by atoms with Crippen LogP contribution in [0, 0.1) is 16.2 Å². The predicted molar refractivity (Wildman–Crippen MR) is 81.5 cm³/mol. The molecule has 0 amide bonds. The summed E-state index contributed by atoms with van der Waals surface area (Å²) < 4.78 is 11.6. The Morgan fingerprint density at radius 2 is 1.35 bits per heavy atom. The van der Waals surface area contributed by atoms with Crippen LogP contribution in [0.2, 0.25) is 0 Å². The second-order valence-electron chi connectivity index (χ2n) is 8.91. The Morgan fingerprint density at radius 3 is 1.65 bits per heavy atom. The molecule has 0 N–H and O–H groups in total. The van der Waals surface area contributed by atoms with Crippen molar-refractivity contribution >= 4 is 5.97 Å². The fraction of sp³-hybridized carbons (Fsp3) is 0.941. The lowest BCUT2D eigenvalue weighted by Gasteiger charge is -2.65. The Morgan fingerprint density at radius 1 is 0.950 bits per heavy atom. The number of rotatable bonds is 3. The highest BCUT2D eigenvalue weighted by Crippen LogP contribution is 2.57. The molecule has 1 heterocycles. The maximum atomic E-state index is 12.5. The zero-order chi connectivity index (χ0) is 16.2. The number of hydrogen-bond donors (Lipinski definition) is 0. The lowest BCUT2D eigenvalue weighted by molar-refractivity contribution is -0.356. The van der Waals surface area contributed by atoms with E-state index in [0.29, 0.717) is 6.61 Å². The third-order valence-corrected chi connectivity index (χ3v) is 6.05. The largest absolute Gasteiger partial charge is 0.464 e. The summed E-state index contributed by atoms with van der Waals surface area (Å²) in [6.45, 7) is 20.8. The van der Waals surface area contributed by atoms with Crippen molar-refractivity contribution in [3.8, 4) is 0 Å². The molecule has 20 heavy (non-hydrogen) atoms. The van der Waals surface area contributed by atoms with Gasteiger partial charge in [0.15, 0.2) is 0 Å². The van der Waals surface area contributed by atoms with E-state index in [2.05, 4.69) is 55.4 Å². The highest BCUT2D eigenvalue weighted by Gasteiger charge is 2.65. The summed E-state index contributed by atoms with van der Waals surface area (Å²) in [4.78, 5) is 12.5. The van der Waals surface area contributed by atoms with Crippen molar-refractivity contribution in [2.24, 2.45) is 16.2 Å². The molecule has 1 saturated heterocycles. The highest BCUT2D eigenvalue weighted by molar-refractivity contribution is 5.76. The molecule has 118 valence electrons. The van der Waals surface area contributed by atoms with Gasteiger partial charge < -0.3 is 9.47 Å². The van der Waals surface area contributed by atoms with E-state index in [1.165, 1.54) is 0 Å². The number of carbonyl (C=O) groups excluding carboxylic acids is 1. The fourth-order valence-electron chi connectivity index (χ4n) is 2.59. The molecule has 1 rings (SSSR count). The van der Waals surface area contributed by atoms with E-state index in [0.717, 1.165) is 0 Å². The van der Waals surface area contributed by atoms with Crippen LogP contribution in [0.5, 0.6) is 0 Å². The van der Waals surface area contributed by atoms with Crippen LogP contribution in [-0.2, 0) is 14.3 Å². The number of hydrogen-bond acceptors (Lipinski definition) is 3. The van der Waals surface area contributed by atoms with Crippen molar-refractivity contribution in [3.63, 3.8) is 0 Å². The van der Waals surface area contributed by atoms with Gasteiger partial charge in [-0.3, -0.25) is 4.79 Å². The minimum absolute atomic E-state index is 0.133. The molecule has 0 unspecified atom stereocenters. The molecule has 0 aromatic rings. The average molecular weight is 284 g/mol. The molecule has 0 aliphatic carbocycles. The quantitative estimate of drug-likeness (QED) is 0.729. The Labute approximate surface area is 124 Å². The molecule has 0 aromatic heterocycles. The number of ether oxygens (including phenoxy) is 2. The number of esters is 1. The second kappa shape index (κ2) is 4.46. The van der Waals surface area contributed by atoms with Crippen molar-refractivity contribution < 1.29 is 14.3 Å². The van der Waals surface area contributed by atoms with Crippen molar-refractivity contribution in [2.75, 3.05) is 6.61 Å². The Kier molecular flexibility index (Phi) is 3.90. The van der Waals surface area contributed by atoms with E-state index in [-0.39, 0.29) is 28.0 Å². The predicted octanol–water partition coefficient (Wildman–Crippen LogP) is 4.20. The van der Waals surface area contributed by atoms with Gasteiger partial charge in [-0.25, -0.2) is 0 Å². The van der Waals surface area contributed by atoms with Crippen molar-refractivity contribution in [1.29, 1.82) is 0 Å². The van der Waals surface area contributed by atoms with Gasteiger partial charge in [-0.05, 0) is 47.0 Å². The van der Waals surface area contributed by atoms with Crippen LogP contribution < -0.4 is 0 Å². The van der Waals surface area contributed by atoms with Crippen LogP contribution in [-0.4, -0.2) is 23.8 Å². The van der Waals surface area contributed by atoms with E-state index in [1.54, 1.807) is 0 Å². The molecule has 0 aromatic carbocycles. The van der Waals surface area contributed by atoms with Gasteiger partial charge >= 0.3 is 5.97 Å². The van der Waals surface area contributed by atoms with Crippen molar-refractivity contribution in [1.82, 2.24) is 0 Å². The van der Waals surface area contributed by atoms with Crippen LogP contribution in [0.3, 0.4) is 0 Å². The summed E-state index contributed by atoms with van der Waals surface area (Å²) in [7, 11) is 0. The molecule has 1 aliphatic rings. The Balaban J connectivity index is 2.80. The summed E-state index contributed by atoms with van der Waals surface area (Å²) in [5.74, 6) is -0.135. The van der Waals surface area contributed by atoms with Gasteiger partial charge in [0, 0.05) is 0 Å². The third-order valence-electron chi connectivity index (χ3n) is 6.05. The molecule has 0 radical (unpaired) electrons. The summed E-state index contributed by atoms with van der Waals surface area (Å²) in [5, 5.41) is 0. The standard InChI is InChI=1S/C17H32O3/c1-13(2,3)14(4,5)12(18)19-11-17(10)15(6,7)20-16(17,8)9/h11H2,1-10H3. The minimum Gasteiger partial charge on any atom is -0.464 e. The highest BCUT2D eigenvalue weighted by atomic mass is 16.6. The van der Waals surface area contributed by atoms with Crippen LogP contribution in [0.4, 0.5) is 0 Å². The first-order valence-corrected chi connectivity index (χ1v) is 7.46. The molecule has 0 bridgehead atoms. The van der Waals surface area contributed by atoms with Gasteiger partial charge in [-0.2, -0.15) is 0 Å². The zero-order valence-corrected chi connectivity index (χ0v) is 14.9. The van der Waals surface area contributed by atoms with Crippen molar-refractivity contribution in [3.05, 3.63) is 0 Å². The number of carbonyl (C=O) groups is 1. The van der Waals surface area contributed by atoms with E-state index >= 15 is 0 Å². The summed E-state index contributed by atoms with van der Waals surface area (Å²) in [6, 6.07) is 0. The topological polar surface area (TPSA) is 35.5 Å². The normalized spacial score (nSPS) is 23.9. The first-order valence-electron chi connectivity index (χ1n) is 7.46. The maximum Gasteiger partial charge on any atom is 0.312 e. The lowest BCUT2D eigenvalue weighted by Crippen LogP contribution is -2.72. The Bertz CT molecular complexity index is 383. The Hall–Kier alpha value is -0.570. The van der Waals surface area contributed by atoms with E-state index in [1.807, 2.05) is 13.8 Å². The van der Waals surface area contributed by atoms with Gasteiger partial charge in [0.25, 0.3) is 0 Å². The summed E-state index contributed by atoms with van der Waals surface area (Å²) in [5.41, 5.74) is -1.37. The monoisotopic (exact) mass is 284 g/mol. The van der Waals surface area contributed by atoms with Crippen molar-refractivity contribution in [2.45, 2.75) is 80.4 Å². The van der Waals surface area contributed by atoms with Gasteiger partial charge in [0.1, 0.15) is 6.61 Å². The van der Waals surface area contributed by atoms with E-state index in [9.17, 15) is 4.79 Å². The molecule has 3 heteroatoms. The fourth-order valence-corrected chi connectivity index (χ4v) is 2.59. The van der Waals surface area contributed by atoms with Crippen LogP contribution in [0.25, 0.3) is 0 Å².